The third kappa shape index (κ3) is 3.93. The molecule has 108 valence electrons. The molecule has 1 aliphatic rings. The van der Waals surface area contributed by atoms with E-state index in [-0.39, 0.29) is 17.8 Å². The summed E-state index contributed by atoms with van der Waals surface area (Å²) in [6, 6.07) is 0. The van der Waals surface area contributed by atoms with E-state index in [1.807, 2.05) is 6.08 Å². The minimum atomic E-state index is -0.508. The first-order chi connectivity index (χ1) is 9.47. The summed E-state index contributed by atoms with van der Waals surface area (Å²) < 4.78 is 10.2. The largest absolute Gasteiger partial charge is 0.454 e. The monoisotopic (exact) mass is 295 g/mol. The van der Waals surface area contributed by atoms with Crippen molar-refractivity contribution in [2.45, 2.75) is 38.3 Å². The van der Waals surface area contributed by atoms with Gasteiger partial charge < -0.3 is 9.26 Å². The van der Waals surface area contributed by atoms with E-state index in [0.717, 1.165) is 6.42 Å². The number of carbonyl (C=O) groups is 1. The van der Waals surface area contributed by atoms with Crippen LogP contribution in [-0.2, 0) is 9.53 Å². The topological polar surface area (TPSA) is 77.6 Å². The Labute approximate surface area is 121 Å². The van der Waals surface area contributed by atoms with Gasteiger partial charge in [0.1, 0.15) is 5.94 Å². The standard InChI is InChI=1S/C13H17N3O3S/c1-13(2,3)11(17)18-8-20-12-15-10(16-19-12)9-5-4-6-14-7-9/h4,6-7,9H,5,8H2,1-3H3. The quantitative estimate of drug-likeness (QED) is 0.483. The summed E-state index contributed by atoms with van der Waals surface area (Å²) in [5, 5.41) is 4.31. The molecule has 1 aromatic heterocycles. The second-order valence-electron chi connectivity index (χ2n) is 5.39. The van der Waals surface area contributed by atoms with E-state index in [4.69, 9.17) is 9.26 Å². The average Bonchev–Trinajstić information content (AvgIpc) is 2.87. The van der Waals surface area contributed by atoms with E-state index < -0.39 is 5.41 Å². The van der Waals surface area contributed by atoms with E-state index >= 15 is 0 Å². The number of ether oxygens (including phenoxy) is 1. The minimum Gasteiger partial charge on any atom is -0.454 e. The van der Waals surface area contributed by atoms with Crippen molar-refractivity contribution in [2.75, 3.05) is 5.94 Å². The van der Waals surface area contributed by atoms with Crippen LogP contribution in [0.1, 0.15) is 38.9 Å². The van der Waals surface area contributed by atoms with Gasteiger partial charge in [-0.1, -0.05) is 11.2 Å². The Kier molecular flexibility index (Phi) is 4.59. The maximum absolute atomic E-state index is 11.6. The predicted molar refractivity (Wildman–Crippen MR) is 75.6 cm³/mol. The Morgan fingerprint density at radius 3 is 3.00 bits per heavy atom. The van der Waals surface area contributed by atoms with E-state index in [0.29, 0.717) is 11.0 Å². The summed E-state index contributed by atoms with van der Waals surface area (Å²) in [6.45, 7) is 5.42. The van der Waals surface area contributed by atoms with Crippen LogP contribution in [0.4, 0.5) is 0 Å². The van der Waals surface area contributed by atoms with E-state index in [1.54, 1.807) is 33.2 Å². The van der Waals surface area contributed by atoms with Gasteiger partial charge in [0.05, 0.1) is 11.3 Å². The fraction of sp³-hybridized carbons (Fsp3) is 0.538. The number of hydrogen-bond donors (Lipinski definition) is 0. The fourth-order valence-electron chi connectivity index (χ4n) is 1.43. The van der Waals surface area contributed by atoms with Crippen LogP contribution in [0.15, 0.2) is 27.0 Å². The molecule has 0 bridgehead atoms. The Balaban J connectivity index is 1.83. The normalized spacial score (nSPS) is 18.2. The summed E-state index contributed by atoms with van der Waals surface area (Å²) >= 11 is 1.20. The molecule has 2 heterocycles. The van der Waals surface area contributed by atoms with Crippen LogP contribution >= 0.6 is 11.8 Å². The highest BCUT2D eigenvalue weighted by molar-refractivity contribution is 7.98. The zero-order chi connectivity index (χ0) is 14.6. The summed E-state index contributed by atoms with van der Waals surface area (Å²) in [5.74, 6) is 0.559. The van der Waals surface area contributed by atoms with Crippen LogP contribution in [0.3, 0.4) is 0 Å². The first kappa shape index (κ1) is 14.8. The molecule has 0 N–H and O–H groups in total. The lowest BCUT2D eigenvalue weighted by atomic mass is 9.98. The van der Waals surface area contributed by atoms with Crippen molar-refractivity contribution < 1.29 is 14.1 Å². The second-order valence-corrected chi connectivity index (χ2v) is 6.26. The minimum absolute atomic E-state index is 0.0511. The van der Waals surface area contributed by atoms with Crippen LogP contribution in [0.2, 0.25) is 0 Å². The molecule has 0 spiro atoms. The van der Waals surface area contributed by atoms with Crippen molar-refractivity contribution in [3.63, 3.8) is 0 Å². The summed E-state index contributed by atoms with van der Waals surface area (Å²) in [4.78, 5) is 19.9. The van der Waals surface area contributed by atoms with E-state index in [1.165, 1.54) is 11.8 Å². The molecular formula is C13H17N3O3S. The van der Waals surface area contributed by atoms with Gasteiger partial charge in [-0.2, -0.15) is 4.98 Å². The van der Waals surface area contributed by atoms with Gasteiger partial charge in [-0.25, -0.2) is 0 Å². The molecule has 0 fully saturated rings. The third-order valence-corrected chi connectivity index (χ3v) is 3.24. The molecule has 7 heteroatoms. The zero-order valence-electron chi connectivity index (χ0n) is 11.7. The Bertz CT molecular complexity index is 531. The molecule has 0 radical (unpaired) electrons. The lowest BCUT2D eigenvalue weighted by Gasteiger charge is -2.15. The van der Waals surface area contributed by atoms with Gasteiger partial charge in [0.25, 0.3) is 5.22 Å². The molecule has 1 aliphatic heterocycles. The third-order valence-electron chi connectivity index (χ3n) is 2.59. The molecule has 0 saturated heterocycles. The molecule has 0 amide bonds. The van der Waals surface area contributed by atoms with Gasteiger partial charge >= 0.3 is 5.97 Å². The van der Waals surface area contributed by atoms with Crippen LogP contribution in [0, 0.1) is 5.41 Å². The smallest absolute Gasteiger partial charge is 0.312 e. The van der Waals surface area contributed by atoms with Crippen LogP contribution in [0.5, 0.6) is 0 Å². The molecule has 2 rings (SSSR count). The highest BCUT2D eigenvalue weighted by Crippen LogP contribution is 2.23. The number of aliphatic imine (C=N–C) groups is 1. The number of esters is 1. The molecule has 0 aromatic carbocycles. The van der Waals surface area contributed by atoms with Crippen molar-refractivity contribution in [2.24, 2.45) is 10.4 Å². The number of rotatable bonds is 4. The summed E-state index contributed by atoms with van der Waals surface area (Å²) in [6.07, 6.45) is 6.31. The maximum atomic E-state index is 11.6. The SMILES string of the molecule is CC(C)(C)C(=O)OCSc1nc(C2C=NC=CC2)no1. The lowest BCUT2D eigenvalue weighted by Crippen LogP contribution is -2.22. The van der Waals surface area contributed by atoms with Crippen LogP contribution < -0.4 is 0 Å². The molecule has 1 unspecified atom stereocenters. The Morgan fingerprint density at radius 2 is 2.35 bits per heavy atom. The molecule has 6 nitrogen and oxygen atoms in total. The first-order valence-corrected chi connectivity index (χ1v) is 7.27. The highest BCUT2D eigenvalue weighted by atomic mass is 32.2. The van der Waals surface area contributed by atoms with Crippen molar-refractivity contribution >= 4 is 23.9 Å². The number of carbonyl (C=O) groups excluding carboxylic acids is 1. The number of nitrogens with zero attached hydrogens (tertiary/aromatic N) is 3. The van der Waals surface area contributed by atoms with Crippen LogP contribution in [0.25, 0.3) is 0 Å². The maximum Gasteiger partial charge on any atom is 0.312 e. The van der Waals surface area contributed by atoms with Crippen molar-refractivity contribution in [1.82, 2.24) is 10.1 Å². The number of allylic oxidation sites excluding steroid dienone is 1. The molecule has 1 atom stereocenters. The van der Waals surface area contributed by atoms with Gasteiger partial charge in [-0.3, -0.25) is 9.79 Å². The van der Waals surface area contributed by atoms with Crippen molar-refractivity contribution in [3.8, 4) is 0 Å². The van der Waals surface area contributed by atoms with Gasteiger partial charge in [-0.15, -0.1) is 0 Å². The second kappa shape index (κ2) is 6.21. The highest BCUT2D eigenvalue weighted by Gasteiger charge is 2.23. The lowest BCUT2D eigenvalue weighted by molar-refractivity contribution is -0.150. The summed E-state index contributed by atoms with van der Waals surface area (Å²) in [7, 11) is 0. The molecular weight excluding hydrogens is 278 g/mol. The number of thioether (sulfide) groups is 1. The summed E-state index contributed by atoms with van der Waals surface area (Å²) in [5.41, 5.74) is -0.508. The van der Waals surface area contributed by atoms with Crippen molar-refractivity contribution in [3.05, 3.63) is 18.1 Å². The Morgan fingerprint density at radius 1 is 1.55 bits per heavy atom. The van der Waals surface area contributed by atoms with Gasteiger partial charge in [0, 0.05) is 12.4 Å². The predicted octanol–water partition coefficient (Wildman–Crippen LogP) is 2.78. The van der Waals surface area contributed by atoms with Gasteiger partial charge in [0.2, 0.25) is 0 Å². The van der Waals surface area contributed by atoms with Crippen molar-refractivity contribution in [1.29, 1.82) is 0 Å². The number of hydrogen-bond acceptors (Lipinski definition) is 7. The van der Waals surface area contributed by atoms with Gasteiger partial charge in [0.15, 0.2) is 5.82 Å². The van der Waals surface area contributed by atoms with Gasteiger partial charge in [-0.05, 0) is 39.0 Å². The molecule has 1 aromatic rings. The Hall–Kier alpha value is -1.63. The van der Waals surface area contributed by atoms with E-state index in [2.05, 4.69) is 15.1 Å². The first-order valence-electron chi connectivity index (χ1n) is 6.29. The fourth-order valence-corrected chi connectivity index (χ4v) is 1.95. The molecule has 20 heavy (non-hydrogen) atoms. The molecule has 0 aliphatic carbocycles. The van der Waals surface area contributed by atoms with Crippen LogP contribution in [-0.4, -0.2) is 28.3 Å². The number of aromatic nitrogens is 2. The average molecular weight is 295 g/mol. The van der Waals surface area contributed by atoms with E-state index in [9.17, 15) is 4.79 Å². The zero-order valence-corrected chi connectivity index (χ0v) is 12.5. The molecule has 0 saturated carbocycles.